The zero-order valence-corrected chi connectivity index (χ0v) is 17.7. The Morgan fingerprint density at radius 2 is 2.00 bits per heavy atom. The van der Waals surface area contributed by atoms with Crippen molar-refractivity contribution >= 4 is 27.5 Å². The van der Waals surface area contributed by atoms with Crippen LogP contribution in [0.3, 0.4) is 0 Å². The zero-order valence-electron chi connectivity index (χ0n) is 16.9. The van der Waals surface area contributed by atoms with Gasteiger partial charge in [0.05, 0.1) is 23.7 Å². The first-order valence-electron chi connectivity index (χ1n) is 9.62. The predicted octanol–water partition coefficient (Wildman–Crippen LogP) is 4.99. The van der Waals surface area contributed by atoms with Crippen LogP contribution in [0.4, 0.5) is 0 Å². The van der Waals surface area contributed by atoms with Crippen LogP contribution in [0.25, 0.3) is 10.2 Å². The standard InChI is InChI=1S/C22H25N3O2S/c1-11-6-9-17(27-5)16(10-11)13(3)24-21(26)19-12(2)18-14(4)23-20(15-7-8-15)25-22(18)28-19/h6,9-10,13,15H,7-8H2,1-5H3,(H,24,26)/t13-/m0/s1. The molecule has 0 spiro atoms. The molecule has 3 aromatic rings. The highest BCUT2D eigenvalue weighted by molar-refractivity contribution is 7.20. The summed E-state index contributed by atoms with van der Waals surface area (Å²) in [5, 5.41) is 4.14. The topological polar surface area (TPSA) is 64.1 Å². The highest BCUT2D eigenvalue weighted by Gasteiger charge is 2.29. The number of nitrogens with zero attached hydrogens (tertiary/aromatic N) is 2. The van der Waals surface area contributed by atoms with Gasteiger partial charge in [-0.3, -0.25) is 4.79 Å². The predicted molar refractivity (Wildman–Crippen MR) is 112 cm³/mol. The van der Waals surface area contributed by atoms with Crippen LogP contribution in [0.1, 0.15) is 69.6 Å². The number of carbonyl (C=O) groups is 1. The van der Waals surface area contributed by atoms with Gasteiger partial charge in [-0.05, 0) is 52.2 Å². The highest BCUT2D eigenvalue weighted by Crippen LogP contribution is 2.40. The van der Waals surface area contributed by atoms with Gasteiger partial charge >= 0.3 is 0 Å². The minimum absolute atomic E-state index is 0.0797. The molecule has 2 aromatic heterocycles. The minimum Gasteiger partial charge on any atom is -0.496 e. The van der Waals surface area contributed by atoms with Crippen molar-refractivity contribution in [2.24, 2.45) is 0 Å². The van der Waals surface area contributed by atoms with Gasteiger partial charge in [0.25, 0.3) is 5.91 Å². The molecule has 1 fully saturated rings. The fraction of sp³-hybridized carbons (Fsp3) is 0.409. The molecule has 1 amide bonds. The second-order valence-electron chi connectivity index (χ2n) is 7.62. The van der Waals surface area contributed by atoms with E-state index in [4.69, 9.17) is 9.72 Å². The molecule has 2 heterocycles. The van der Waals surface area contributed by atoms with E-state index in [0.29, 0.717) is 10.8 Å². The summed E-state index contributed by atoms with van der Waals surface area (Å²) < 4.78 is 5.47. The van der Waals surface area contributed by atoms with Crippen LogP contribution in [-0.2, 0) is 0 Å². The number of hydrogen-bond acceptors (Lipinski definition) is 5. The Labute approximate surface area is 169 Å². The molecule has 4 rings (SSSR count). The number of carbonyl (C=O) groups excluding carboxylic acids is 1. The number of aromatic nitrogens is 2. The van der Waals surface area contributed by atoms with Crippen molar-refractivity contribution in [3.63, 3.8) is 0 Å². The Morgan fingerprint density at radius 1 is 1.25 bits per heavy atom. The summed E-state index contributed by atoms with van der Waals surface area (Å²) >= 11 is 1.46. The third kappa shape index (κ3) is 3.37. The lowest BCUT2D eigenvalue weighted by atomic mass is 10.0. The molecule has 6 heteroatoms. The Bertz CT molecular complexity index is 1070. The molecule has 0 unspecified atom stereocenters. The van der Waals surface area contributed by atoms with Crippen LogP contribution >= 0.6 is 11.3 Å². The van der Waals surface area contributed by atoms with Crippen molar-refractivity contribution in [2.75, 3.05) is 7.11 Å². The molecule has 5 nitrogen and oxygen atoms in total. The summed E-state index contributed by atoms with van der Waals surface area (Å²) in [4.78, 5) is 24.1. The van der Waals surface area contributed by atoms with Crippen molar-refractivity contribution in [3.05, 3.63) is 51.3 Å². The van der Waals surface area contributed by atoms with Gasteiger partial charge in [-0.15, -0.1) is 11.3 Å². The number of benzene rings is 1. The molecule has 1 aliphatic carbocycles. The summed E-state index contributed by atoms with van der Waals surface area (Å²) in [6.07, 6.45) is 2.33. The molecule has 28 heavy (non-hydrogen) atoms. The lowest BCUT2D eigenvalue weighted by Gasteiger charge is -2.18. The number of methoxy groups -OCH3 is 1. The van der Waals surface area contributed by atoms with Gasteiger partial charge in [0.15, 0.2) is 0 Å². The third-order valence-electron chi connectivity index (χ3n) is 5.34. The lowest BCUT2D eigenvalue weighted by molar-refractivity contribution is 0.0943. The minimum atomic E-state index is -0.166. The van der Waals surface area contributed by atoms with E-state index in [-0.39, 0.29) is 11.9 Å². The number of aryl methyl sites for hydroxylation is 3. The summed E-state index contributed by atoms with van der Waals surface area (Å²) in [5.74, 6) is 2.12. The van der Waals surface area contributed by atoms with Crippen LogP contribution in [0.15, 0.2) is 18.2 Å². The van der Waals surface area contributed by atoms with Crippen LogP contribution in [0.5, 0.6) is 5.75 Å². The van der Waals surface area contributed by atoms with E-state index in [0.717, 1.165) is 44.2 Å². The van der Waals surface area contributed by atoms with Crippen molar-refractivity contribution in [2.45, 2.75) is 52.5 Å². The lowest BCUT2D eigenvalue weighted by Crippen LogP contribution is -2.26. The van der Waals surface area contributed by atoms with Crippen LogP contribution < -0.4 is 10.1 Å². The second-order valence-corrected chi connectivity index (χ2v) is 8.62. The van der Waals surface area contributed by atoms with Crippen molar-refractivity contribution < 1.29 is 9.53 Å². The molecule has 1 N–H and O–H groups in total. The van der Waals surface area contributed by atoms with Gasteiger partial charge in [0, 0.05) is 16.9 Å². The molecule has 0 bridgehead atoms. The number of ether oxygens (including phenoxy) is 1. The van der Waals surface area contributed by atoms with E-state index in [1.54, 1.807) is 7.11 Å². The van der Waals surface area contributed by atoms with Crippen molar-refractivity contribution in [1.29, 1.82) is 0 Å². The zero-order chi connectivity index (χ0) is 20.0. The fourth-order valence-electron chi connectivity index (χ4n) is 3.63. The molecular formula is C22H25N3O2S. The molecule has 0 aliphatic heterocycles. The van der Waals surface area contributed by atoms with Gasteiger partial charge in [0.1, 0.15) is 16.4 Å². The number of thiophene rings is 1. The normalized spacial score (nSPS) is 14.9. The molecule has 0 radical (unpaired) electrons. The smallest absolute Gasteiger partial charge is 0.262 e. The molecule has 1 saturated carbocycles. The second kappa shape index (κ2) is 7.17. The first-order valence-corrected chi connectivity index (χ1v) is 10.4. The fourth-order valence-corrected chi connectivity index (χ4v) is 4.77. The van der Waals surface area contributed by atoms with Gasteiger partial charge in [-0.2, -0.15) is 0 Å². The number of amides is 1. The van der Waals surface area contributed by atoms with E-state index >= 15 is 0 Å². The summed E-state index contributed by atoms with van der Waals surface area (Å²) in [5.41, 5.74) is 4.03. The maximum atomic E-state index is 13.1. The Balaban J connectivity index is 1.65. The number of rotatable bonds is 5. The van der Waals surface area contributed by atoms with Crippen LogP contribution in [0, 0.1) is 20.8 Å². The Morgan fingerprint density at radius 3 is 2.68 bits per heavy atom. The maximum absolute atomic E-state index is 13.1. The monoisotopic (exact) mass is 395 g/mol. The molecule has 146 valence electrons. The molecule has 1 aliphatic rings. The quantitative estimate of drug-likeness (QED) is 0.661. The van der Waals surface area contributed by atoms with E-state index < -0.39 is 0 Å². The van der Waals surface area contributed by atoms with E-state index in [1.807, 2.05) is 39.8 Å². The Hall–Kier alpha value is -2.47. The van der Waals surface area contributed by atoms with Crippen LogP contribution in [-0.4, -0.2) is 23.0 Å². The molecule has 0 saturated heterocycles. The number of fused-ring (bicyclic) bond motifs is 1. The van der Waals surface area contributed by atoms with E-state index in [9.17, 15) is 4.79 Å². The average Bonchev–Trinajstić information content (AvgIpc) is 3.45. The van der Waals surface area contributed by atoms with Crippen LogP contribution in [0.2, 0.25) is 0 Å². The summed E-state index contributed by atoms with van der Waals surface area (Å²) in [6, 6.07) is 5.84. The first kappa shape index (κ1) is 18.9. The van der Waals surface area contributed by atoms with Gasteiger partial charge < -0.3 is 10.1 Å². The Kier molecular flexibility index (Phi) is 4.83. The summed E-state index contributed by atoms with van der Waals surface area (Å²) in [6.45, 7) is 8.01. The van der Waals surface area contributed by atoms with Crippen molar-refractivity contribution in [3.8, 4) is 5.75 Å². The van der Waals surface area contributed by atoms with E-state index in [2.05, 4.69) is 16.4 Å². The van der Waals surface area contributed by atoms with Crippen molar-refractivity contribution in [1.82, 2.24) is 15.3 Å². The third-order valence-corrected chi connectivity index (χ3v) is 6.52. The average molecular weight is 396 g/mol. The highest BCUT2D eigenvalue weighted by atomic mass is 32.1. The van der Waals surface area contributed by atoms with Gasteiger partial charge in [0.2, 0.25) is 0 Å². The van der Waals surface area contributed by atoms with Gasteiger partial charge in [-0.25, -0.2) is 9.97 Å². The maximum Gasteiger partial charge on any atom is 0.262 e. The molecule has 1 atom stereocenters. The summed E-state index contributed by atoms with van der Waals surface area (Å²) in [7, 11) is 1.65. The molecular weight excluding hydrogens is 370 g/mol. The largest absolute Gasteiger partial charge is 0.496 e. The SMILES string of the molecule is COc1ccc(C)cc1[C@H](C)NC(=O)c1sc2nc(C3CC3)nc(C)c2c1C. The number of nitrogens with one attached hydrogen (secondary N) is 1. The molecule has 1 aromatic carbocycles. The number of hydrogen-bond donors (Lipinski definition) is 1. The first-order chi connectivity index (χ1) is 13.4. The van der Waals surface area contributed by atoms with Gasteiger partial charge in [-0.1, -0.05) is 17.7 Å². The van der Waals surface area contributed by atoms with E-state index in [1.165, 1.54) is 24.2 Å².